The van der Waals surface area contributed by atoms with E-state index in [1.165, 1.54) is 18.2 Å². The highest BCUT2D eigenvalue weighted by molar-refractivity contribution is 5.80. The van der Waals surface area contributed by atoms with Gasteiger partial charge >= 0.3 is 5.97 Å². The molecule has 0 saturated heterocycles. The molecule has 6 nitrogen and oxygen atoms in total. The van der Waals surface area contributed by atoms with E-state index in [2.05, 4.69) is 4.74 Å². The van der Waals surface area contributed by atoms with Crippen LogP contribution in [0.1, 0.15) is 15.9 Å². The van der Waals surface area contributed by atoms with Crippen LogP contribution in [-0.2, 0) is 20.1 Å². The maximum atomic E-state index is 11.3. The Balaban J connectivity index is 3.30. The Morgan fingerprint density at radius 3 is 2.50 bits per heavy atom. The average molecular weight is 254 g/mol. The second-order valence-corrected chi connectivity index (χ2v) is 3.53. The minimum atomic E-state index is -2.34. The molecule has 0 aliphatic heterocycles. The molecule has 1 aromatic carbocycles. The number of rotatable bonds is 5. The summed E-state index contributed by atoms with van der Waals surface area (Å²) in [5.41, 5.74) is 0.0882. The van der Waals surface area contributed by atoms with E-state index in [1.54, 1.807) is 6.07 Å². The van der Waals surface area contributed by atoms with Crippen LogP contribution < -0.4 is 0 Å². The van der Waals surface area contributed by atoms with Crippen molar-refractivity contribution in [2.24, 2.45) is 0 Å². The summed E-state index contributed by atoms with van der Waals surface area (Å²) in [4.78, 5) is 22.2. The lowest BCUT2D eigenvalue weighted by molar-refractivity contribution is -0.254. The van der Waals surface area contributed by atoms with Gasteiger partial charge in [0.25, 0.3) is 0 Å². The van der Waals surface area contributed by atoms with Gasteiger partial charge in [-0.1, -0.05) is 24.3 Å². The van der Waals surface area contributed by atoms with Gasteiger partial charge in [0.2, 0.25) is 11.9 Å². The largest absolute Gasteiger partial charge is 0.467 e. The van der Waals surface area contributed by atoms with Crippen molar-refractivity contribution >= 4 is 12.3 Å². The molecule has 0 aromatic heterocycles. The van der Waals surface area contributed by atoms with Gasteiger partial charge < -0.3 is 19.7 Å². The molecule has 0 aliphatic rings. The van der Waals surface area contributed by atoms with Gasteiger partial charge in [0.15, 0.2) is 6.29 Å². The molecular formula is C12H14O6. The van der Waals surface area contributed by atoms with Gasteiger partial charge in [-0.25, -0.2) is 4.79 Å². The van der Waals surface area contributed by atoms with Gasteiger partial charge in [0.1, 0.15) is 0 Å². The summed E-state index contributed by atoms with van der Waals surface area (Å²) in [5.74, 6) is -3.41. The van der Waals surface area contributed by atoms with Gasteiger partial charge in [-0.15, -0.1) is 0 Å². The second-order valence-electron chi connectivity index (χ2n) is 3.53. The minimum Gasteiger partial charge on any atom is -0.467 e. The summed E-state index contributed by atoms with van der Waals surface area (Å²) in [6.45, 7) is 0. The molecule has 0 spiro atoms. The number of hydrogen-bond donors (Lipinski definition) is 2. The van der Waals surface area contributed by atoms with Crippen LogP contribution >= 0.6 is 0 Å². The fourth-order valence-electron chi connectivity index (χ4n) is 1.57. The summed E-state index contributed by atoms with van der Waals surface area (Å²) in [7, 11) is 2.17. The first-order valence-electron chi connectivity index (χ1n) is 5.09. The summed E-state index contributed by atoms with van der Waals surface area (Å²) in [6, 6.07) is 5.92. The van der Waals surface area contributed by atoms with Crippen molar-refractivity contribution in [2.45, 2.75) is 11.9 Å². The van der Waals surface area contributed by atoms with Crippen LogP contribution in [0.15, 0.2) is 24.3 Å². The molecule has 2 N–H and O–H groups in total. The molecule has 0 radical (unpaired) electrons. The Kier molecular flexibility index (Phi) is 4.55. The summed E-state index contributed by atoms with van der Waals surface area (Å²) in [6.07, 6.45) is -1.47. The van der Waals surface area contributed by atoms with E-state index in [0.29, 0.717) is 6.29 Å². The molecule has 2 unspecified atom stereocenters. The van der Waals surface area contributed by atoms with E-state index in [1.807, 2.05) is 0 Å². The van der Waals surface area contributed by atoms with E-state index in [0.717, 1.165) is 14.2 Å². The highest BCUT2D eigenvalue weighted by atomic mass is 16.6. The van der Waals surface area contributed by atoms with E-state index in [9.17, 15) is 19.8 Å². The van der Waals surface area contributed by atoms with Crippen LogP contribution in [0.25, 0.3) is 0 Å². The van der Waals surface area contributed by atoms with Gasteiger partial charge in [-0.05, 0) is 0 Å². The molecule has 2 atom stereocenters. The first-order chi connectivity index (χ1) is 8.51. The molecule has 0 fully saturated rings. The number of ether oxygens (including phenoxy) is 2. The number of benzene rings is 1. The maximum absolute atomic E-state index is 11.3. The van der Waals surface area contributed by atoms with Gasteiger partial charge in [-0.3, -0.25) is 4.79 Å². The quantitative estimate of drug-likeness (QED) is 0.430. The third-order valence-electron chi connectivity index (χ3n) is 2.58. The Hall–Kier alpha value is -1.76. The Bertz CT molecular complexity index is 444. The van der Waals surface area contributed by atoms with E-state index >= 15 is 0 Å². The standard InChI is InChI=1S/C12H14O6/c1-17-11(15)10(14)12(16,18-2)9-6-4-3-5-8(9)7-13/h3-7,10,14,16H,1-2H3. The average Bonchev–Trinajstić information content (AvgIpc) is 2.44. The van der Waals surface area contributed by atoms with Crippen LogP contribution in [-0.4, -0.2) is 42.8 Å². The highest BCUT2D eigenvalue weighted by Crippen LogP contribution is 2.29. The molecule has 18 heavy (non-hydrogen) atoms. The van der Waals surface area contributed by atoms with E-state index in [4.69, 9.17) is 4.74 Å². The number of aldehydes is 1. The number of methoxy groups -OCH3 is 2. The lowest BCUT2D eigenvalue weighted by Gasteiger charge is -2.30. The van der Waals surface area contributed by atoms with Crippen LogP contribution in [0.4, 0.5) is 0 Å². The predicted octanol–water partition coefficient (Wildman–Crippen LogP) is -0.176. The van der Waals surface area contributed by atoms with Crippen molar-refractivity contribution in [3.05, 3.63) is 35.4 Å². The summed E-state index contributed by atoms with van der Waals surface area (Å²) < 4.78 is 9.13. The normalized spacial score (nSPS) is 15.6. The first kappa shape index (κ1) is 14.3. The molecule has 6 heteroatoms. The van der Waals surface area contributed by atoms with Crippen molar-refractivity contribution in [3.63, 3.8) is 0 Å². The number of aliphatic hydroxyl groups is 2. The lowest BCUT2D eigenvalue weighted by Crippen LogP contribution is -2.47. The minimum absolute atomic E-state index is 0.0135. The number of carbonyl (C=O) groups excluding carboxylic acids is 2. The number of aliphatic hydroxyl groups excluding tert-OH is 1. The lowest BCUT2D eigenvalue weighted by atomic mass is 9.95. The zero-order chi connectivity index (χ0) is 13.8. The number of esters is 1. The highest BCUT2D eigenvalue weighted by Gasteiger charge is 2.44. The first-order valence-corrected chi connectivity index (χ1v) is 5.09. The number of carbonyl (C=O) groups is 2. The van der Waals surface area contributed by atoms with Gasteiger partial charge in [0.05, 0.1) is 7.11 Å². The Morgan fingerprint density at radius 1 is 1.39 bits per heavy atom. The third-order valence-corrected chi connectivity index (χ3v) is 2.58. The summed E-state index contributed by atoms with van der Waals surface area (Å²) in [5, 5.41) is 20.0. The third kappa shape index (κ3) is 2.40. The van der Waals surface area contributed by atoms with Crippen LogP contribution in [0.3, 0.4) is 0 Å². The zero-order valence-electron chi connectivity index (χ0n) is 9.99. The molecule has 0 bridgehead atoms. The van der Waals surface area contributed by atoms with Crippen molar-refractivity contribution < 1.29 is 29.3 Å². The predicted molar refractivity (Wildman–Crippen MR) is 60.8 cm³/mol. The molecule has 0 aliphatic carbocycles. The molecule has 0 heterocycles. The van der Waals surface area contributed by atoms with E-state index in [-0.39, 0.29) is 11.1 Å². The zero-order valence-corrected chi connectivity index (χ0v) is 9.99. The molecule has 0 saturated carbocycles. The fourth-order valence-corrected chi connectivity index (χ4v) is 1.57. The molecule has 1 rings (SSSR count). The Labute approximate surface area is 104 Å². The van der Waals surface area contributed by atoms with E-state index < -0.39 is 17.9 Å². The monoisotopic (exact) mass is 254 g/mol. The molecule has 1 aromatic rings. The topological polar surface area (TPSA) is 93.1 Å². The van der Waals surface area contributed by atoms with Gasteiger partial charge in [0, 0.05) is 18.2 Å². The molecular weight excluding hydrogens is 240 g/mol. The Morgan fingerprint density at radius 2 is 2.00 bits per heavy atom. The second kappa shape index (κ2) is 5.72. The SMILES string of the molecule is COC(=O)C(O)C(O)(OC)c1ccccc1C=O. The van der Waals surface area contributed by atoms with Crippen LogP contribution in [0.2, 0.25) is 0 Å². The van der Waals surface area contributed by atoms with Crippen LogP contribution in [0.5, 0.6) is 0 Å². The van der Waals surface area contributed by atoms with Crippen molar-refractivity contribution in [1.29, 1.82) is 0 Å². The summed E-state index contributed by atoms with van der Waals surface area (Å²) >= 11 is 0. The molecule has 0 amide bonds. The fraction of sp³-hybridized carbons (Fsp3) is 0.333. The van der Waals surface area contributed by atoms with Crippen LogP contribution in [0, 0.1) is 0 Å². The van der Waals surface area contributed by atoms with Crippen molar-refractivity contribution in [2.75, 3.05) is 14.2 Å². The number of hydrogen-bond acceptors (Lipinski definition) is 6. The maximum Gasteiger partial charge on any atom is 0.340 e. The van der Waals surface area contributed by atoms with Crippen molar-refractivity contribution in [1.82, 2.24) is 0 Å². The van der Waals surface area contributed by atoms with Crippen molar-refractivity contribution in [3.8, 4) is 0 Å². The smallest absolute Gasteiger partial charge is 0.340 e. The molecule has 98 valence electrons. The van der Waals surface area contributed by atoms with Gasteiger partial charge in [-0.2, -0.15) is 0 Å².